The van der Waals surface area contributed by atoms with Crippen molar-refractivity contribution >= 4 is 17.8 Å². The summed E-state index contributed by atoms with van der Waals surface area (Å²) in [6, 6.07) is 5.82. The average molecular weight is 276 g/mol. The summed E-state index contributed by atoms with van der Waals surface area (Å²) in [4.78, 5) is 36.7. The third-order valence-corrected chi connectivity index (χ3v) is 3.45. The highest BCUT2D eigenvalue weighted by molar-refractivity contribution is 6.01. The molecule has 0 bridgehead atoms. The number of amides is 2. The largest absolute Gasteiger partial charge is 0.478 e. The normalized spacial score (nSPS) is 17.5. The van der Waals surface area contributed by atoms with Gasteiger partial charge in [0, 0.05) is 18.7 Å². The monoisotopic (exact) mass is 276 g/mol. The number of hydrogen-bond acceptors (Lipinski definition) is 3. The van der Waals surface area contributed by atoms with Crippen molar-refractivity contribution in [3.63, 3.8) is 0 Å². The second-order valence-corrected chi connectivity index (χ2v) is 5.16. The fourth-order valence-corrected chi connectivity index (χ4v) is 2.20. The van der Waals surface area contributed by atoms with E-state index in [1.165, 1.54) is 23.1 Å². The standard InChI is InChI=1S/C14H16N2O4/c1-14(2)13(20)15-6-7-16(14)11(17)9-4-3-5-10(8-9)12(18)19/h3-5,8H,6-7H2,1-2H3,(H,15,20)(H,18,19). The number of carbonyl (C=O) groups is 3. The summed E-state index contributed by atoms with van der Waals surface area (Å²) in [5.74, 6) is -1.64. The highest BCUT2D eigenvalue weighted by Crippen LogP contribution is 2.21. The minimum Gasteiger partial charge on any atom is -0.478 e. The van der Waals surface area contributed by atoms with Crippen LogP contribution in [0.5, 0.6) is 0 Å². The molecule has 0 unspecified atom stereocenters. The lowest BCUT2D eigenvalue weighted by Gasteiger charge is -2.41. The first-order valence-electron chi connectivity index (χ1n) is 6.27. The third kappa shape index (κ3) is 2.36. The molecule has 1 aliphatic rings. The lowest BCUT2D eigenvalue weighted by molar-refractivity contribution is -0.133. The summed E-state index contributed by atoms with van der Waals surface area (Å²) < 4.78 is 0. The molecule has 0 radical (unpaired) electrons. The molecular formula is C14H16N2O4. The molecule has 0 aliphatic carbocycles. The molecule has 106 valence electrons. The molecule has 1 aromatic rings. The maximum absolute atomic E-state index is 12.5. The van der Waals surface area contributed by atoms with Gasteiger partial charge in [0.25, 0.3) is 5.91 Å². The van der Waals surface area contributed by atoms with E-state index in [4.69, 9.17) is 5.11 Å². The fraction of sp³-hybridized carbons (Fsp3) is 0.357. The van der Waals surface area contributed by atoms with Gasteiger partial charge in [0.2, 0.25) is 5.91 Å². The Bertz CT molecular complexity index is 580. The maximum atomic E-state index is 12.5. The summed E-state index contributed by atoms with van der Waals surface area (Å²) >= 11 is 0. The number of benzene rings is 1. The molecule has 6 nitrogen and oxygen atoms in total. The van der Waals surface area contributed by atoms with E-state index in [9.17, 15) is 14.4 Å². The van der Waals surface area contributed by atoms with Gasteiger partial charge in [-0.2, -0.15) is 0 Å². The van der Waals surface area contributed by atoms with Gasteiger partial charge in [0.15, 0.2) is 0 Å². The lowest BCUT2D eigenvalue weighted by Crippen LogP contribution is -2.63. The van der Waals surface area contributed by atoms with Gasteiger partial charge in [-0.1, -0.05) is 6.07 Å². The van der Waals surface area contributed by atoms with E-state index in [1.54, 1.807) is 19.9 Å². The molecule has 1 heterocycles. The smallest absolute Gasteiger partial charge is 0.335 e. The predicted molar refractivity (Wildman–Crippen MR) is 71.5 cm³/mol. The molecule has 1 fully saturated rings. The first kappa shape index (κ1) is 14.0. The number of carbonyl (C=O) groups excluding carboxylic acids is 2. The minimum atomic E-state index is -1.09. The SMILES string of the molecule is CC1(C)C(=O)NCCN1C(=O)c1cccc(C(=O)O)c1. The number of hydrogen-bond donors (Lipinski definition) is 2. The number of rotatable bonds is 2. The number of carboxylic acids is 1. The fourth-order valence-electron chi connectivity index (χ4n) is 2.20. The Morgan fingerprint density at radius 3 is 2.60 bits per heavy atom. The van der Waals surface area contributed by atoms with Crippen molar-refractivity contribution in [2.75, 3.05) is 13.1 Å². The number of nitrogens with zero attached hydrogens (tertiary/aromatic N) is 1. The Hall–Kier alpha value is -2.37. The van der Waals surface area contributed by atoms with Crippen molar-refractivity contribution < 1.29 is 19.5 Å². The Morgan fingerprint density at radius 2 is 1.95 bits per heavy atom. The number of carboxylic acid groups (broad SMARTS) is 1. The predicted octanol–water partition coefficient (Wildman–Crippen LogP) is 0.735. The molecule has 1 aromatic carbocycles. The number of piperazine rings is 1. The molecule has 2 rings (SSSR count). The second-order valence-electron chi connectivity index (χ2n) is 5.16. The van der Waals surface area contributed by atoms with Crippen molar-refractivity contribution in [3.05, 3.63) is 35.4 Å². The summed E-state index contributed by atoms with van der Waals surface area (Å²) in [5.41, 5.74) is -0.628. The molecular weight excluding hydrogens is 260 g/mol. The molecule has 0 aromatic heterocycles. The van der Waals surface area contributed by atoms with Crippen LogP contribution in [-0.2, 0) is 4.79 Å². The van der Waals surface area contributed by atoms with Crippen LogP contribution in [0.25, 0.3) is 0 Å². The van der Waals surface area contributed by atoms with Crippen LogP contribution in [0.1, 0.15) is 34.6 Å². The van der Waals surface area contributed by atoms with Gasteiger partial charge in [0.1, 0.15) is 5.54 Å². The van der Waals surface area contributed by atoms with Crippen molar-refractivity contribution in [2.45, 2.75) is 19.4 Å². The average Bonchev–Trinajstić information content (AvgIpc) is 2.41. The minimum absolute atomic E-state index is 0.0510. The van der Waals surface area contributed by atoms with Gasteiger partial charge in [-0.15, -0.1) is 0 Å². The van der Waals surface area contributed by atoms with Crippen molar-refractivity contribution in [2.24, 2.45) is 0 Å². The van der Waals surface area contributed by atoms with E-state index in [2.05, 4.69) is 5.32 Å². The van der Waals surface area contributed by atoms with E-state index in [1.807, 2.05) is 0 Å². The van der Waals surface area contributed by atoms with E-state index < -0.39 is 11.5 Å². The molecule has 0 atom stereocenters. The highest BCUT2D eigenvalue weighted by Gasteiger charge is 2.40. The second kappa shape index (κ2) is 4.96. The molecule has 20 heavy (non-hydrogen) atoms. The zero-order valence-corrected chi connectivity index (χ0v) is 11.3. The van der Waals surface area contributed by atoms with E-state index in [-0.39, 0.29) is 22.9 Å². The van der Waals surface area contributed by atoms with Crippen LogP contribution in [0.3, 0.4) is 0 Å². The first-order valence-corrected chi connectivity index (χ1v) is 6.27. The van der Waals surface area contributed by atoms with Crippen LogP contribution in [0.15, 0.2) is 24.3 Å². The van der Waals surface area contributed by atoms with Crippen LogP contribution in [0, 0.1) is 0 Å². The highest BCUT2D eigenvalue weighted by atomic mass is 16.4. The molecule has 2 amide bonds. The Balaban J connectivity index is 2.33. The Morgan fingerprint density at radius 1 is 1.30 bits per heavy atom. The van der Waals surface area contributed by atoms with Crippen molar-refractivity contribution in [1.82, 2.24) is 10.2 Å². The summed E-state index contributed by atoms with van der Waals surface area (Å²) in [7, 11) is 0. The quantitative estimate of drug-likeness (QED) is 0.834. The number of aromatic carboxylic acids is 1. The zero-order valence-electron chi connectivity index (χ0n) is 11.3. The topological polar surface area (TPSA) is 86.7 Å². The Labute approximate surface area is 116 Å². The maximum Gasteiger partial charge on any atom is 0.335 e. The van der Waals surface area contributed by atoms with Crippen LogP contribution in [-0.4, -0.2) is 46.4 Å². The molecule has 0 spiro atoms. The van der Waals surface area contributed by atoms with Gasteiger partial charge in [-0.3, -0.25) is 9.59 Å². The van der Waals surface area contributed by atoms with Gasteiger partial charge < -0.3 is 15.3 Å². The van der Waals surface area contributed by atoms with Gasteiger partial charge in [-0.05, 0) is 32.0 Å². The van der Waals surface area contributed by atoms with E-state index >= 15 is 0 Å². The van der Waals surface area contributed by atoms with Gasteiger partial charge >= 0.3 is 5.97 Å². The first-order chi connectivity index (χ1) is 9.34. The van der Waals surface area contributed by atoms with Crippen LogP contribution < -0.4 is 5.32 Å². The molecule has 6 heteroatoms. The lowest BCUT2D eigenvalue weighted by atomic mass is 9.97. The number of nitrogens with one attached hydrogen (secondary N) is 1. The van der Waals surface area contributed by atoms with Crippen LogP contribution in [0.2, 0.25) is 0 Å². The van der Waals surface area contributed by atoms with E-state index in [0.29, 0.717) is 13.1 Å². The molecule has 1 aliphatic heterocycles. The van der Waals surface area contributed by atoms with Gasteiger partial charge in [-0.25, -0.2) is 4.79 Å². The summed E-state index contributed by atoms with van der Waals surface area (Å²) in [5, 5.41) is 11.7. The summed E-state index contributed by atoms with van der Waals surface area (Å²) in [6.07, 6.45) is 0. The zero-order chi connectivity index (χ0) is 14.9. The Kier molecular flexibility index (Phi) is 3.48. The van der Waals surface area contributed by atoms with Gasteiger partial charge in [0.05, 0.1) is 5.56 Å². The molecule has 1 saturated heterocycles. The van der Waals surface area contributed by atoms with Crippen LogP contribution in [0.4, 0.5) is 0 Å². The molecule has 0 saturated carbocycles. The van der Waals surface area contributed by atoms with Crippen molar-refractivity contribution in [3.8, 4) is 0 Å². The van der Waals surface area contributed by atoms with Crippen molar-refractivity contribution in [1.29, 1.82) is 0 Å². The van der Waals surface area contributed by atoms with Crippen LogP contribution >= 0.6 is 0 Å². The summed E-state index contributed by atoms with van der Waals surface area (Å²) in [6.45, 7) is 4.13. The molecule has 2 N–H and O–H groups in total. The van der Waals surface area contributed by atoms with E-state index in [0.717, 1.165) is 0 Å². The third-order valence-electron chi connectivity index (χ3n) is 3.45.